The number of nitrogens with zero attached hydrogens (tertiary/aromatic N) is 2. The summed E-state index contributed by atoms with van der Waals surface area (Å²) in [6, 6.07) is 4.77. The molecule has 0 spiro atoms. The summed E-state index contributed by atoms with van der Waals surface area (Å²) in [5, 5.41) is 3.77. The minimum Gasteiger partial charge on any atom is -0.353 e. The summed E-state index contributed by atoms with van der Waals surface area (Å²) in [7, 11) is -1.43. The summed E-state index contributed by atoms with van der Waals surface area (Å²) in [6.45, 7) is 4.26. The highest BCUT2D eigenvalue weighted by molar-refractivity contribution is 7.92. The molecule has 1 heterocycles. The fraction of sp³-hybridized carbons (Fsp3) is 0.588. The van der Waals surface area contributed by atoms with Gasteiger partial charge in [-0.15, -0.1) is 0 Å². The topological polar surface area (TPSA) is 61.8 Å². The smallest absolute Gasteiger partial charge is 0.193 e. The lowest BCUT2D eigenvalue weighted by atomic mass is 10.1. The lowest BCUT2D eigenvalue weighted by Crippen LogP contribution is -2.57. The first-order valence-electron chi connectivity index (χ1n) is 8.31. The molecule has 1 aliphatic carbocycles. The molecule has 1 N–H and O–H groups in total. The molecule has 5 nitrogen and oxygen atoms in total. The quantitative estimate of drug-likeness (QED) is 0.625. The minimum absolute atomic E-state index is 0.00647. The van der Waals surface area contributed by atoms with Gasteiger partial charge in [0, 0.05) is 42.7 Å². The molecule has 25 heavy (non-hydrogen) atoms. The first-order valence-corrected chi connectivity index (χ1v) is 10.3. The second-order valence-corrected chi connectivity index (χ2v) is 10.4. The first-order chi connectivity index (χ1) is 11.7. The molecule has 1 aromatic carbocycles. The Balaban J connectivity index is 1.69. The normalized spacial score (nSPS) is 27.9. The van der Waals surface area contributed by atoms with Crippen LogP contribution >= 0.6 is 11.6 Å². The molecule has 1 aliphatic heterocycles. The van der Waals surface area contributed by atoms with Gasteiger partial charge in [0.2, 0.25) is 0 Å². The van der Waals surface area contributed by atoms with Crippen LogP contribution in [0.25, 0.3) is 0 Å². The maximum absolute atomic E-state index is 14.1. The summed E-state index contributed by atoms with van der Waals surface area (Å²) in [6.07, 6.45) is 0.773. The number of aliphatic imine (C=N–C) groups is 1. The zero-order valence-corrected chi connectivity index (χ0v) is 16.2. The third-order valence-corrected chi connectivity index (χ3v) is 7.89. The Hall–Kier alpha value is -1.34. The molecule has 2 fully saturated rings. The number of hydrogen-bond donors (Lipinski definition) is 1. The third-order valence-electron chi connectivity index (χ3n) is 5.03. The van der Waals surface area contributed by atoms with Gasteiger partial charge in [-0.3, -0.25) is 4.99 Å². The standard InChI is InChI=1S/C17H23ClFN3O2S/c1-17(2)10-22(7-8-25(17,23)24)16(20-3)21-14-9-11(14)15-12(18)5-4-6-13(15)19/h4-6,11,14H,7-10H2,1-3H3,(H,20,21). The molecule has 1 saturated carbocycles. The van der Waals surface area contributed by atoms with E-state index in [1.165, 1.54) is 6.07 Å². The number of rotatable bonds is 2. The van der Waals surface area contributed by atoms with Gasteiger partial charge in [-0.2, -0.15) is 0 Å². The van der Waals surface area contributed by atoms with Crippen molar-refractivity contribution in [3.05, 3.63) is 34.6 Å². The van der Waals surface area contributed by atoms with Crippen molar-refractivity contribution in [2.75, 3.05) is 25.9 Å². The zero-order chi connectivity index (χ0) is 18.4. The largest absolute Gasteiger partial charge is 0.353 e. The molecule has 2 atom stereocenters. The van der Waals surface area contributed by atoms with Crippen molar-refractivity contribution in [1.82, 2.24) is 10.2 Å². The average molecular weight is 388 g/mol. The van der Waals surface area contributed by atoms with E-state index >= 15 is 0 Å². The summed E-state index contributed by atoms with van der Waals surface area (Å²) in [5.74, 6) is 0.477. The Morgan fingerprint density at radius 2 is 2.16 bits per heavy atom. The summed E-state index contributed by atoms with van der Waals surface area (Å²) in [5.41, 5.74) is 0.540. The van der Waals surface area contributed by atoms with Crippen molar-refractivity contribution in [3.63, 3.8) is 0 Å². The van der Waals surface area contributed by atoms with Crippen LogP contribution in [0.15, 0.2) is 23.2 Å². The molecule has 2 aliphatic rings. The van der Waals surface area contributed by atoms with Crippen LogP contribution in [-0.2, 0) is 9.84 Å². The maximum atomic E-state index is 14.1. The van der Waals surface area contributed by atoms with Crippen molar-refractivity contribution >= 4 is 27.4 Å². The van der Waals surface area contributed by atoms with Gasteiger partial charge >= 0.3 is 0 Å². The van der Waals surface area contributed by atoms with Gasteiger partial charge < -0.3 is 10.2 Å². The van der Waals surface area contributed by atoms with Crippen molar-refractivity contribution in [2.24, 2.45) is 4.99 Å². The molecule has 0 amide bonds. The van der Waals surface area contributed by atoms with E-state index in [9.17, 15) is 12.8 Å². The first kappa shape index (κ1) is 18.5. The van der Waals surface area contributed by atoms with Gasteiger partial charge in [-0.25, -0.2) is 12.8 Å². The van der Waals surface area contributed by atoms with Gasteiger partial charge in [0.25, 0.3) is 0 Å². The number of benzene rings is 1. The predicted molar refractivity (Wildman–Crippen MR) is 98.5 cm³/mol. The fourth-order valence-corrected chi connectivity index (χ4v) is 5.00. The molecule has 0 aromatic heterocycles. The van der Waals surface area contributed by atoms with E-state index in [0.29, 0.717) is 29.6 Å². The second kappa shape index (κ2) is 6.43. The Bertz CT molecular complexity index is 790. The van der Waals surface area contributed by atoms with E-state index < -0.39 is 14.6 Å². The fourth-order valence-electron chi connectivity index (χ4n) is 3.33. The Kier molecular flexibility index (Phi) is 4.75. The summed E-state index contributed by atoms with van der Waals surface area (Å²) >= 11 is 6.14. The molecule has 0 radical (unpaired) electrons. The highest BCUT2D eigenvalue weighted by Crippen LogP contribution is 2.45. The van der Waals surface area contributed by atoms with E-state index in [0.717, 1.165) is 6.42 Å². The highest BCUT2D eigenvalue weighted by Gasteiger charge is 2.45. The van der Waals surface area contributed by atoms with Crippen LogP contribution in [0.4, 0.5) is 4.39 Å². The second-order valence-electron chi connectivity index (χ2n) is 7.28. The lowest BCUT2D eigenvalue weighted by molar-refractivity contribution is 0.353. The van der Waals surface area contributed by atoms with Gasteiger partial charge in [0.1, 0.15) is 5.82 Å². The highest BCUT2D eigenvalue weighted by atomic mass is 35.5. The summed E-state index contributed by atoms with van der Waals surface area (Å²) < 4.78 is 37.6. The number of hydrogen-bond acceptors (Lipinski definition) is 3. The van der Waals surface area contributed by atoms with Gasteiger partial charge in [0.05, 0.1) is 10.5 Å². The van der Waals surface area contributed by atoms with E-state index in [1.807, 2.05) is 4.90 Å². The molecule has 1 saturated heterocycles. The monoisotopic (exact) mass is 387 g/mol. The van der Waals surface area contributed by atoms with Crippen LogP contribution in [0, 0.1) is 5.82 Å². The van der Waals surface area contributed by atoms with E-state index in [-0.39, 0.29) is 23.5 Å². The van der Waals surface area contributed by atoms with Crippen LogP contribution in [0.5, 0.6) is 0 Å². The number of halogens is 2. The van der Waals surface area contributed by atoms with Crippen LogP contribution in [0.1, 0.15) is 31.7 Å². The van der Waals surface area contributed by atoms with Gasteiger partial charge in [0.15, 0.2) is 15.8 Å². The molecule has 8 heteroatoms. The van der Waals surface area contributed by atoms with E-state index in [1.54, 1.807) is 33.0 Å². The SMILES string of the molecule is CN=C(NC1CC1c1c(F)cccc1Cl)N1CCS(=O)(=O)C(C)(C)C1. The Morgan fingerprint density at radius 1 is 1.44 bits per heavy atom. The molecule has 2 unspecified atom stereocenters. The van der Waals surface area contributed by atoms with Gasteiger partial charge in [-0.1, -0.05) is 17.7 Å². The molecular weight excluding hydrogens is 365 g/mol. The van der Waals surface area contributed by atoms with E-state index in [2.05, 4.69) is 10.3 Å². The third kappa shape index (κ3) is 3.49. The average Bonchev–Trinajstić information content (AvgIpc) is 3.26. The van der Waals surface area contributed by atoms with Crippen LogP contribution in [0.3, 0.4) is 0 Å². The van der Waals surface area contributed by atoms with Crippen LogP contribution < -0.4 is 5.32 Å². The number of guanidine groups is 1. The Labute approximate surface area is 153 Å². The van der Waals surface area contributed by atoms with E-state index in [4.69, 9.17) is 11.6 Å². The van der Waals surface area contributed by atoms with Crippen molar-refractivity contribution in [3.8, 4) is 0 Å². The lowest BCUT2D eigenvalue weighted by Gasteiger charge is -2.39. The number of nitrogens with one attached hydrogen (secondary N) is 1. The Morgan fingerprint density at radius 3 is 2.76 bits per heavy atom. The van der Waals surface area contributed by atoms with Gasteiger partial charge in [-0.05, 0) is 32.4 Å². The molecule has 3 rings (SSSR count). The van der Waals surface area contributed by atoms with Crippen molar-refractivity contribution in [1.29, 1.82) is 0 Å². The number of sulfone groups is 1. The van der Waals surface area contributed by atoms with Crippen molar-refractivity contribution in [2.45, 2.75) is 37.0 Å². The van der Waals surface area contributed by atoms with Crippen LogP contribution in [0.2, 0.25) is 5.02 Å². The van der Waals surface area contributed by atoms with Crippen molar-refractivity contribution < 1.29 is 12.8 Å². The molecule has 138 valence electrons. The van der Waals surface area contributed by atoms with Crippen LogP contribution in [-0.4, -0.2) is 56.0 Å². The molecule has 1 aromatic rings. The predicted octanol–water partition coefficient (Wildman–Crippen LogP) is 2.42. The minimum atomic E-state index is -3.10. The molecular formula is C17H23ClFN3O2S. The summed E-state index contributed by atoms with van der Waals surface area (Å²) in [4.78, 5) is 6.25. The maximum Gasteiger partial charge on any atom is 0.193 e. The molecule has 0 bridgehead atoms. The zero-order valence-electron chi connectivity index (χ0n) is 14.6.